The molecular formula is C26H27N5O3. The summed E-state index contributed by atoms with van der Waals surface area (Å²) in [6.45, 7) is 4.11. The van der Waals surface area contributed by atoms with Crippen molar-refractivity contribution in [3.63, 3.8) is 0 Å². The maximum Gasteiger partial charge on any atom is 0.339 e. The van der Waals surface area contributed by atoms with Crippen molar-refractivity contribution in [1.29, 1.82) is 0 Å². The van der Waals surface area contributed by atoms with Gasteiger partial charge in [0, 0.05) is 37.6 Å². The SMILES string of the molecule is CCn1ncc2c(C(=O)OC(C)C(=O)Nc3ccc(N(C)C)cc3)cc(-c3ccccc3)nc21. The van der Waals surface area contributed by atoms with Gasteiger partial charge in [-0.2, -0.15) is 5.10 Å². The number of anilines is 2. The van der Waals surface area contributed by atoms with Gasteiger partial charge in [0.05, 0.1) is 22.8 Å². The van der Waals surface area contributed by atoms with Crippen LogP contribution in [0.25, 0.3) is 22.3 Å². The van der Waals surface area contributed by atoms with Crippen molar-refractivity contribution in [3.8, 4) is 11.3 Å². The molecule has 0 aliphatic heterocycles. The number of benzene rings is 2. The number of rotatable bonds is 7. The summed E-state index contributed by atoms with van der Waals surface area (Å²) < 4.78 is 7.28. The van der Waals surface area contributed by atoms with Gasteiger partial charge in [-0.1, -0.05) is 30.3 Å². The van der Waals surface area contributed by atoms with Crippen molar-refractivity contribution in [2.75, 3.05) is 24.3 Å². The van der Waals surface area contributed by atoms with Crippen LogP contribution in [0.4, 0.5) is 11.4 Å². The van der Waals surface area contributed by atoms with E-state index >= 15 is 0 Å². The van der Waals surface area contributed by atoms with Crippen molar-refractivity contribution in [3.05, 3.63) is 72.4 Å². The summed E-state index contributed by atoms with van der Waals surface area (Å²) in [6, 6.07) is 18.7. The van der Waals surface area contributed by atoms with Gasteiger partial charge in [-0.3, -0.25) is 4.79 Å². The number of carbonyl (C=O) groups is 2. The van der Waals surface area contributed by atoms with Gasteiger partial charge in [-0.15, -0.1) is 0 Å². The lowest BCUT2D eigenvalue weighted by atomic mass is 10.1. The summed E-state index contributed by atoms with van der Waals surface area (Å²) >= 11 is 0. The van der Waals surface area contributed by atoms with Gasteiger partial charge in [0.15, 0.2) is 11.8 Å². The number of hydrogen-bond donors (Lipinski definition) is 1. The Hall–Kier alpha value is -4.20. The molecule has 2 heterocycles. The summed E-state index contributed by atoms with van der Waals surface area (Å²) in [5.74, 6) is -1.02. The minimum Gasteiger partial charge on any atom is -0.449 e. The molecule has 0 aliphatic rings. The third kappa shape index (κ3) is 4.76. The first-order chi connectivity index (χ1) is 16.4. The van der Waals surface area contributed by atoms with E-state index in [1.807, 2.05) is 68.4 Å². The van der Waals surface area contributed by atoms with Gasteiger partial charge in [0.1, 0.15) is 0 Å². The number of nitrogens with zero attached hydrogens (tertiary/aromatic N) is 4. The van der Waals surface area contributed by atoms with E-state index < -0.39 is 18.0 Å². The molecule has 0 fully saturated rings. The molecule has 2 aromatic heterocycles. The van der Waals surface area contributed by atoms with Crippen LogP contribution in [-0.2, 0) is 16.1 Å². The van der Waals surface area contributed by atoms with Gasteiger partial charge in [-0.05, 0) is 44.2 Å². The molecule has 8 nitrogen and oxygen atoms in total. The third-order valence-electron chi connectivity index (χ3n) is 5.50. The summed E-state index contributed by atoms with van der Waals surface area (Å²) in [5.41, 5.74) is 4.05. The largest absolute Gasteiger partial charge is 0.449 e. The van der Waals surface area contributed by atoms with Crippen molar-refractivity contribution in [2.24, 2.45) is 0 Å². The molecule has 1 atom stereocenters. The molecule has 4 rings (SSSR count). The van der Waals surface area contributed by atoms with Crippen molar-refractivity contribution in [1.82, 2.24) is 14.8 Å². The van der Waals surface area contributed by atoms with Gasteiger partial charge in [0.25, 0.3) is 5.91 Å². The lowest BCUT2D eigenvalue weighted by molar-refractivity contribution is -0.123. The molecule has 174 valence electrons. The highest BCUT2D eigenvalue weighted by molar-refractivity contribution is 6.05. The topological polar surface area (TPSA) is 89.3 Å². The highest BCUT2D eigenvalue weighted by atomic mass is 16.5. The zero-order valence-corrected chi connectivity index (χ0v) is 19.6. The molecule has 0 radical (unpaired) electrons. The fourth-order valence-electron chi connectivity index (χ4n) is 3.57. The lowest BCUT2D eigenvalue weighted by Gasteiger charge is -2.16. The second-order valence-corrected chi connectivity index (χ2v) is 8.10. The van der Waals surface area contributed by atoms with Crippen molar-refractivity contribution < 1.29 is 14.3 Å². The van der Waals surface area contributed by atoms with Crippen LogP contribution in [0.1, 0.15) is 24.2 Å². The number of hydrogen-bond acceptors (Lipinski definition) is 6. The number of ether oxygens (including phenoxy) is 1. The molecule has 1 amide bonds. The van der Waals surface area contributed by atoms with Gasteiger partial charge >= 0.3 is 5.97 Å². The monoisotopic (exact) mass is 457 g/mol. The van der Waals surface area contributed by atoms with E-state index in [1.165, 1.54) is 0 Å². The summed E-state index contributed by atoms with van der Waals surface area (Å²) in [6.07, 6.45) is 0.611. The van der Waals surface area contributed by atoms with Crippen LogP contribution < -0.4 is 10.2 Å². The number of esters is 1. The van der Waals surface area contributed by atoms with Crippen LogP contribution in [0.5, 0.6) is 0 Å². The molecule has 0 aliphatic carbocycles. The molecule has 1 unspecified atom stereocenters. The van der Waals surface area contributed by atoms with Crippen molar-refractivity contribution in [2.45, 2.75) is 26.5 Å². The molecule has 4 aromatic rings. The van der Waals surface area contributed by atoms with E-state index in [1.54, 1.807) is 36.0 Å². The van der Waals surface area contributed by atoms with Crippen molar-refractivity contribution >= 4 is 34.3 Å². The quantitative estimate of drug-likeness (QED) is 0.415. The fourth-order valence-corrected chi connectivity index (χ4v) is 3.57. The van der Waals surface area contributed by atoms with Crippen LogP contribution in [0.2, 0.25) is 0 Å². The molecule has 1 N–H and O–H groups in total. The Morgan fingerprint density at radius 3 is 2.44 bits per heavy atom. The Balaban J connectivity index is 1.57. The Morgan fingerprint density at radius 1 is 1.09 bits per heavy atom. The molecular weight excluding hydrogens is 430 g/mol. The molecule has 0 spiro atoms. The van der Waals surface area contributed by atoms with Gasteiger partial charge < -0.3 is 15.0 Å². The Kier molecular flexibility index (Phi) is 6.58. The lowest BCUT2D eigenvalue weighted by Crippen LogP contribution is -2.30. The maximum absolute atomic E-state index is 13.2. The molecule has 2 aromatic carbocycles. The minimum absolute atomic E-state index is 0.318. The van der Waals surface area contributed by atoms with E-state index in [0.29, 0.717) is 34.5 Å². The number of carbonyl (C=O) groups excluding carboxylic acids is 2. The third-order valence-corrected chi connectivity index (χ3v) is 5.50. The zero-order valence-electron chi connectivity index (χ0n) is 19.6. The smallest absolute Gasteiger partial charge is 0.339 e. The first kappa shape index (κ1) is 23.0. The van der Waals surface area contributed by atoms with Crippen LogP contribution >= 0.6 is 0 Å². The fraction of sp³-hybridized carbons (Fsp3) is 0.231. The molecule has 0 saturated heterocycles. The normalized spacial score (nSPS) is 11.8. The second kappa shape index (κ2) is 9.74. The predicted octanol–water partition coefficient (Wildman–Crippen LogP) is 4.37. The Bertz CT molecular complexity index is 1310. The maximum atomic E-state index is 13.2. The standard InChI is InChI=1S/C26H27N5O3/c1-5-31-24-22(16-27-31)21(15-23(29-24)18-9-7-6-8-10-18)26(33)34-17(2)25(32)28-19-11-13-20(14-12-19)30(3)4/h6-17H,5H2,1-4H3,(H,28,32). The van der Waals surface area contributed by atoms with E-state index in [2.05, 4.69) is 10.4 Å². The average Bonchev–Trinajstić information content (AvgIpc) is 3.27. The molecule has 0 saturated carbocycles. The zero-order chi connectivity index (χ0) is 24.2. The van der Waals surface area contributed by atoms with E-state index in [0.717, 1.165) is 11.3 Å². The Labute approximate surface area is 198 Å². The highest BCUT2D eigenvalue weighted by Crippen LogP contribution is 2.26. The minimum atomic E-state index is -0.995. The number of nitrogens with one attached hydrogen (secondary N) is 1. The molecule has 8 heteroatoms. The van der Waals surface area contributed by atoms with Crippen LogP contribution in [0.15, 0.2) is 66.9 Å². The number of amides is 1. The van der Waals surface area contributed by atoms with E-state index in [-0.39, 0.29) is 0 Å². The summed E-state index contributed by atoms with van der Waals surface area (Å²) in [5, 5.41) is 7.72. The van der Waals surface area contributed by atoms with Gasteiger partial charge in [-0.25, -0.2) is 14.5 Å². The number of pyridine rings is 1. The second-order valence-electron chi connectivity index (χ2n) is 8.10. The van der Waals surface area contributed by atoms with E-state index in [4.69, 9.17) is 9.72 Å². The molecule has 0 bridgehead atoms. The number of aryl methyl sites for hydroxylation is 1. The highest BCUT2D eigenvalue weighted by Gasteiger charge is 2.23. The number of aromatic nitrogens is 3. The van der Waals surface area contributed by atoms with Crippen LogP contribution in [0.3, 0.4) is 0 Å². The first-order valence-corrected chi connectivity index (χ1v) is 11.1. The van der Waals surface area contributed by atoms with E-state index in [9.17, 15) is 9.59 Å². The Morgan fingerprint density at radius 2 is 1.79 bits per heavy atom. The average molecular weight is 458 g/mol. The summed E-state index contributed by atoms with van der Waals surface area (Å²) in [7, 11) is 3.89. The summed E-state index contributed by atoms with van der Waals surface area (Å²) in [4.78, 5) is 32.5. The molecule has 34 heavy (non-hydrogen) atoms. The van der Waals surface area contributed by atoms with Crippen LogP contribution in [0, 0.1) is 0 Å². The van der Waals surface area contributed by atoms with Crippen LogP contribution in [-0.4, -0.2) is 46.8 Å². The number of fused-ring (bicyclic) bond motifs is 1. The van der Waals surface area contributed by atoms with Gasteiger partial charge in [0.2, 0.25) is 0 Å². The first-order valence-electron chi connectivity index (χ1n) is 11.1. The predicted molar refractivity (Wildman–Crippen MR) is 133 cm³/mol.